The van der Waals surface area contributed by atoms with E-state index < -0.39 is 0 Å². The molecule has 1 fully saturated rings. The van der Waals surface area contributed by atoms with Gasteiger partial charge in [0, 0.05) is 6.54 Å². The Morgan fingerprint density at radius 3 is 2.71 bits per heavy atom. The second-order valence-corrected chi connectivity index (χ2v) is 3.74. The van der Waals surface area contributed by atoms with E-state index in [4.69, 9.17) is 17.3 Å². The molecule has 1 aliphatic rings. The summed E-state index contributed by atoms with van der Waals surface area (Å²) in [6.45, 7) is 0.656. The molecule has 1 aliphatic heterocycles. The molecule has 74 valence electrons. The Kier molecular flexibility index (Phi) is 2.44. The number of carbonyl (C=O) groups is 1. The van der Waals surface area contributed by atoms with Crippen LogP contribution in [-0.4, -0.2) is 18.5 Å². The van der Waals surface area contributed by atoms with Crippen LogP contribution in [0.5, 0.6) is 0 Å². The third-order valence-electron chi connectivity index (χ3n) is 2.39. The van der Waals surface area contributed by atoms with Crippen LogP contribution in [0.2, 0.25) is 5.02 Å². The third-order valence-corrected chi connectivity index (χ3v) is 2.71. The summed E-state index contributed by atoms with van der Waals surface area (Å²) in [5, 5.41) is 0.593. The van der Waals surface area contributed by atoms with Gasteiger partial charge in [-0.3, -0.25) is 4.79 Å². The van der Waals surface area contributed by atoms with Gasteiger partial charge in [-0.1, -0.05) is 23.7 Å². The molecule has 14 heavy (non-hydrogen) atoms. The molecule has 0 spiro atoms. The molecule has 3 nitrogen and oxygen atoms in total. The lowest BCUT2D eigenvalue weighted by Crippen LogP contribution is -2.34. The Hall–Kier alpha value is -1.06. The van der Waals surface area contributed by atoms with Gasteiger partial charge >= 0.3 is 0 Å². The highest BCUT2D eigenvalue weighted by molar-refractivity contribution is 6.33. The minimum Gasteiger partial charge on any atom is -0.320 e. The van der Waals surface area contributed by atoms with Crippen LogP contribution in [0.15, 0.2) is 24.3 Å². The largest absolute Gasteiger partial charge is 0.320 e. The Morgan fingerprint density at radius 1 is 1.43 bits per heavy atom. The van der Waals surface area contributed by atoms with Crippen molar-refractivity contribution < 1.29 is 4.79 Å². The molecule has 1 saturated heterocycles. The van der Waals surface area contributed by atoms with E-state index in [1.807, 2.05) is 18.2 Å². The lowest BCUT2D eigenvalue weighted by atomic mass is 10.3. The fourth-order valence-electron chi connectivity index (χ4n) is 1.61. The number of amides is 1. The summed E-state index contributed by atoms with van der Waals surface area (Å²) in [6.07, 6.45) is 0.698. The zero-order chi connectivity index (χ0) is 10.1. The van der Waals surface area contributed by atoms with Crippen molar-refractivity contribution in [3.8, 4) is 0 Å². The quantitative estimate of drug-likeness (QED) is 0.762. The van der Waals surface area contributed by atoms with Gasteiger partial charge < -0.3 is 10.6 Å². The summed E-state index contributed by atoms with van der Waals surface area (Å²) in [5.41, 5.74) is 6.38. The van der Waals surface area contributed by atoms with Crippen molar-refractivity contribution in [3.63, 3.8) is 0 Å². The fraction of sp³-hybridized carbons (Fsp3) is 0.300. The molecule has 1 aromatic carbocycles. The summed E-state index contributed by atoms with van der Waals surface area (Å²) in [6, 6.07) is 6.93. The average molecular weight is 211 g/mol. The molecular weight excluding hydrogens is 200 g/mol. The van der Waals surface area contributed by atoms with Gasteiger partial charge in [0.05, 0.1) is 16.8 Å². The summed E-state index contributed by atoms with van der Waals surface area (Å²) in [7, 11) is 0. The molecule has 2 N–H and O–H groups in total. The molecule has 0 aliphatic carbocycles. The zero-order valence-electron chi connectivity index (χ0n) is 7.61. The predicted octanol–water partition coefficient (Wildman–Crippen LogP) is 1.40. The van der Waals surface area contributed by atoms with E-state index in [1.165, 1.54) is 0 Å². The van der Waals surface area contributed by atoms with Crippen molar-refractivity contribution in [3.05, 3.63) is 29.3 Å². The molecule has 1 amide bonds. The second-order valence-electron chi connectivity index (χ2n) is 3.34. The van der Waals surface area contributed by atoms with Gasteiger partial charge in [-0.2, -0.15) is 0 Å². The first kappa shape index (κ1) is 9.49. The van der Waals surface area contributed by atoms with Gasteiger partial charge in [0.25, 0.3) is 0 Å². The van der Waals surface area contributed by atoms with E-state index in [-0.39, 0.29) is 11.9 Å². The van der Waals surface area contributed by atoms with Crippen LogP contribution in [-0.2, 0) is 4.79 Å². The van der Waals surface area contributed by atoms with Crippen LogP contribution in [0, 0.1) is 0 Å². The molecule has 0 saturated carbocycles. The lowest BCUT2D eigenvalue weighted by Gasteiger charge is -2.17. The van der Waals surface area contributed by atoms with E-state index in [1.54, 1.807) is 11.0 Å². The number of anilines is 1. The Bertz CT molecular complexity index is 367. The Morgan fingerprint density at radius 2 is 2.14 bits per heavy atom. The van der Waals surface area contributed by atoms with E-state index in [0.29, 0.717) is 18.0 Å². The first-order valence-electron chi connectivity index (χ1n) is 4.51. The van der Waals surface area contributed by atoms with E-state index >= 15 is 0 Å². The van der Waals surface area contributed by atoms with Crippen molar-refractivity contribution >= 4 is 23.2 Å². The number of carbonyl (C=O) groups excluding carboxylic acids is 1. The smallest absolute Gasteiger partial charge is 0.244 e. The minimum atomic E-state index is -0.369. The lowest BCUT2D eigenvalue weighted by molar-refractivity contribution is -0.118. The van der Waals surface area contributed by atoms with Crippen LogP contribution in [0.4, 0.5) is 5.69 Å². The summed E-state index contributed by atoms with van der Waals surface area (Å²) in [4.78, 5) is 13.2. The maximum Gasteiger partial charge on any atom is 0.244 e. The number of halogens is 1. The van der Waals surface area contributed by atoms with Crippen molar-refractivity contribution in [2.45, 2.75) is 12.5 Å². The topological polar surface area (TPSA) is 46.3 Å². The van der Waals surface area contributed by atoms with Crippen LogP contribution in [0.3, 0.4) is 0 Å². The Labute approximate surface area is 87.4 Å². The predicted molar refractivity (Wildman–Crippen MR) is 56.4 cm³/mol. The number of para-hydroxylation sites is 1. The van der Waals surface area contributed by atoms with Crippen molar-refractivity contribution in [1.29, 1.82) is 0 Å². The fourth-order valence-corrected chi connectivity index (χ4v) is 1.85. The van der Waals surface area contributed by atoms with Crippen LogP contribution < -0.4 is 10.6 Å². The first-order valence-corrected chi connectivity index (χ1v) is 4.89. The molecule has 1 heterocycles. The number of nitrogens with two attached hydrogens (primary N) is 1. The van der Waals surface area contributed by atoms with Crippen LogP contribution in [0.25, 0.3) is 0 Å². The maximum absolute atomic E-state index is 11.6. The Balaban J connectivity index is 2.33. The van der Waals surface area contributed by atoms with Crippen molar-refractivity contribution in [1.82, 2.24) is 0 Å². The maximum atomic E-state index is 11.6. The second kappa shape index (κ2) is 3.59. The standard InChI is InChI=1S/C10H11ClN2O/c11-7-3-1-2-4-9(7)13-6-5-8(12)10(13)14/h1-4,8H,5-6,12H2. The minimum absolute atomic E-state index is 0.0434. The summed E-state index contributed by atoms with van der Waals surface area (Å²) < 4.78 is 0. The van der Waals surface area contributed by atoms with E-state index in [2.05, 4.69) is 0 Å². The molecule has 1 aromatic rings. The van der Waals surface area contributed by atoms with Gasteiger partial charge in [0.1, 0.15) is 0 Å². The molecule has 2 rings (SSSR count). The zero-order valence-corrected chi connectivity index (χ0v) is 8.37. The summed E-state index contributed by atoms with van der Waals surface area (Å²) >= 11 is 5.98. The SMILES string of the molecule is NC1CCN(c2ccccc2Cl)C1=O. The summed E-state index contributed by atoms with van der Waals surface area (Å²) in [5.74, 6) is -0.0434. The molecule has 0 bridgehead atoms. The molecular formula is C10H11ClN2O. The van der Waals surface area contributed by atoms with Crippen molar-refractivity contribution in [2.75, 3.05) is 11.4 Å². The van der Waals surface area contributed by atoms with Gasteiger partial charge in [-0.05, 0) is 18.6 Å². The number of rotatable bonds is 1. The highest BCUT2D eigenvalue weighted by Crippen LogP contribution is 2.28. The number of nitrogens with zero attached hydrogens (tertiary/aromatic N) is 1. The third kappa shape index (κ3) is 1.49. The van der Waals surface area contributed by atoms with Crippen LogP contribution in [0.1, 0.15) is 6.42 Å². The van der Waals surface area contributed by atoms with Gasteiger partial charge in [0.2, 0.25) is 5.91 Å². The number of hydrogen-bond donors (Lipinski definition) is 1. The number of hydrogen-bond acceptors (Lipinski definition) is 2. The number of benzene rings is 1. The average Bonchev–Trinajstić information content (AvgIpc) is 2.49. The van der Waals surface area contributed by atoms with Crippen LogP contribution >= 0.6 is 11.6 Å². The molecule has 1 atom stereocenters. The highest BCUT2D eigenvalue weighted by atomic mass is 35.5. The van der Waals surface area contributed by atoms with Crippen molar-refractivity contribution in [2.24, 2.45) is 5.73 Å². The van der Waals surface area contributed by atoms with Gasteiger partial charge in [-0.15, -0.1) is 0 Å². The monoisotopic (exact) mass is 210 g/mol. The molecule has 0 radical (unpaired) electrons. The normalized spacial score (nSPS) is 21.7. The van der Waals surface area contributed by atoms with Gasteiger partial charge in [0.15, 0.2) is 0 Å². The molecule has 1 unspecified atom stereocenters. The van der Waals surface area contributed by atoms with E-state index in [9.17, 15) is 4.79 Å². The molecule has 4 heteroatoms. The first-order chi connectivity index (χ1) is 6.70. The molecule has 0 aromatic heterocycles. The van der Waals surface area contributed by atoms with E-state index in [0.717, 1.165) is 5.69 Å². The highest BCUT2D eigenvalue weighted by Gasteiger charge is 2.30. The van der Waals surface area contributed by atoms with Gasteiger partial charge in [-0.25, -0.2) is 0 Å².